The van der Waals surface area contributed by atoms with Gasteiger partial charge in [0.05, 0.1) is 28.9 Å². The largest absolute Gasteiger partial charge is 0.465 e. The molecule has 1 aliphatic carbocycles. The molecule has 1 saturated carbocycles. The van der Waals surface area contributed by atoms with Gasteiger partial charge in [0.1, 0.15) is 0 Å². The van der Waals surface area contributed by atoms with E-state index in [2.05, 4.69) is 28.1 Å². The maximum Gasteiger partial charge on any atom is 0.337 e. The number of carbonyl (C=O) groups excluding carboxylic acids is 1. The number of carbonyl (C=O) groups is 1. The van der Waals surface area contributed by atoms with Gasteiger partial charge in [-0.05, 0) is 54.7 Å². The molecule has 0 amide bonds. The molecule has 0 bridgehead atoms. The summed E-state index contributed by atoms with van der Waals surface area (Å²) in [5.74, 6) is -0.413. The lowest BCUT2D eigenvalue weighted by molar-refractivity contribution is 0.0601. The topological polar surface area (TPSA) is 50.4 Å². The molecule has 1 aliphatic rings. The van der Waals surface area contributed by atoms with Crippen molar-refractivity contribution in [2.75, 3.05) is 12.4 Å². The summed E-state index contributed by atoms with van der Waals surface area (Å²) >= 11 is 13.5. The second-order valence-corrected chi connectivity index (χ2v) is 7.79. The van der Waals surface area contributed by atoms with Crippen LogP contribution >= 0.6 is 35.2 Å². The number of hydrogen-bond acceptors (Lipinski definition) is 4. The van der Waals surface area contributed by atoms with Gasteiger partial charge in [-0.3, -0.25) is 0 Å². The van der Waals surface area contributed by atoms with Crippen molar-refractivity contribution in [3.05, 3.63) is 51.2 Å². The van der Waals surface area contributed by atoms with Crippen molar-refractivity contribution < 1.29 is 9.53 Å². The van der Waals surface area contributed by atoms with Gasteiger partial charge in [-0.2, -0.15) is 0 Å². The van der Waals surface area contributed by atoms with Crippen LogP contribution in [0.25, 0.3) is 0 Å². The molecule has 0 radical (unpaired) electrons. The van der Waals surface area contributed by atoms with Crippen molar-refractivity contribution in [1.29, 1.82) is 0 Å². The van der Waals surface area contributed by atoms with E-state index in [4.69, 9.17) is 28.6 Å². The SMILES string of the molecule is COC(=O)c1ccc(Cl)c(NC(=S)NC2(c3cccs3)CCCC2)c1. The van der Waals surface area contributed by atoms with Gasteiger partial charge in [0.15, 0.2) is 5.11 Å². The number of esters is 1. The second kappa shape index (κ2) is 7.72. The van der Waals surface area contributed by atoms with Crippen molar-refractivity contribution >= 4 is 51.9 Å². The van der Waals surface area contributed by atoms with E-state index in [-0.39, 0.29) is 5.54 Å². The number of thiocarbonyl (C=S) groups is 1. The Kier molecular flexibility index (Phi) is 5.61. The number of methoxy groups -OCH3 is 1. The number of rotatable bonds is 4. The van der Waals surface area contributed by atoms with Crippen LogP contribution < -0.4 is 10.6 Å². The van der Waals surface area contributed by atoms with E-state index in [1.807, 2.05) is 0 Å². The lowest BCUT2D eigenvalue weighted by Crippen LogP contribution is -2.45. The zero-order chi connectivity index (χ0) is 17.9. The van der Waals surface area contributed by atoms with Gasteiger partial charge in [0.25, 0.3) is 0 Å². The summed E-state index contributed by atoms with van der Waals surface area (Å²) in [5.41, 5.74) is 0.887. The molecule has 1 fully saturated rings. The van der Waals surface area contributed by atoms with Gasteiger partial charge in [-0.1, -0.05) is 30.5 Å². The Balaban J connectivity index is 1.77. The van der Waals surface area contributed by atoms with Crippen LogP contribution in [-0.4, -0.2) is 18.2 Å². The molecule has 1 aromatic carbocycles. The number of halogens is 1. The Morgan fingerprint density at radius 3 is 2.72 bits per heavy atom. The molecule has 2 N–H and O–H groups in total. The normalized spacial score (nSPS) is 15.6. The number of nitrogens with one attached hydrogen (secondary N) is 2. The average molecular weight is 395 g/mol. The first-order chi connectivity index (χ1) is 12.0. The van der Waals surface area contributed by atoms with Crippen LogP contribution in [0.4, 0.5) is 5.69 Å². The molecule has 25 heavy (non-hydrogen) atoms. The Bertz CT molecular complexity index is 771. The fraction of sp³-hybridized carbons (Fsp3) is 0.333. The minimum absolute atomic E-state index is 0.120. The number of hydrogen-bond donors (Lipinski definition) is 2. The summed E-state index contributed by atoms with van der Waals surface area (Å²) in [6.07, 6.45) is 4.44. The predicted molar refractivity (Wildman–Crippen MR) is 107 cm³/mol. The summed E-state index contributed by atoms with van der Waals surface area (Å²) < 4.78 is 4.75. The third kappa shape index (κ3) is 3.97. The average Bonchev–Trinajstić information content (AvgIpc) is 3.28. The Morgan fingerprint density at radius 1 is 1.32 bits per heavy atom. The summed E-state index contributed by atoms with van der Waals surface area (Å²) in [5, 5.41) is 9.70. The zero-order valence-electron chi connectivity index (χ0n) is 13.8. The zero-order valence-corrected chi connectivity index (χ0v) is 16.2. The van der Waals surface area contributed by atoms with Crippen molar-refractivity contribution in [2.45, 2.75) is 31.2 Å². The van der Waals surface area contributed by atoms with Crippen molar-refractivity contribution in [1.82, 2.24) is 5.32 Å². The highest BCUT2D eigenvalue weighted by molar-refractivity contribution is 7.80. The highest BCUT2D eigenvalue weighted by Gasteiger charge is 2.37. The molecule has 1 heterocycles. The molecule has 0 saturated heterocycles. The van der Waals surface area contributed by atoms with Crippen LogP contribution in [0.3, 0.4) is 0 Å². The second-order valence-electron chi connectivity index (χ2n) is 6.03. The minimum atomic E-state index is -0.413. The molecule has 2 aromatic rings. The smallest absolute Gasteiger partial charge is 0.337 e. The van der Waals surface area contributed by atoms with E-state index in [1.165, 1.54) is 24.8 Å². The quantitative estimate of drug-likeness (QED) is 0.568. The Morgan fingerprint density at radius 2 is 2.08 bits per heavy atom. The lowest BCUT2D eigenvalue weighted by atomic mass is 9.96. The standard InChI is InChI=1S/C18H19ClN2O2S2/c1-23-16(22)12-6-7-13(19)14(11-12)20-17(24)21-18(8-2-3-9-18)15-5-4-10-25-15/h4-7,10-11H,2-3,8-9H2,1H3,(H2,20,21,24). The van der Waals surface area contributed by atoms with E-state index in [9.17, 15) is 4.79 Å². The maximum absolute atomic E-state index is 11.7. The monoisotopic (exact) mass is 394 g/mol. The van der Waals surface area contributed by atoms with Gasteiger partial charge in [-0.15, -0.1) is 11.3 Å². The highest BCUT2D eigenvalue weighted by atomic mass is 35.5. The molecule has 0 unspecified atom stereocenters. The molecule has 132 valence electrons. The van der Waals surface area contributed by atoms with Crippen LogP contribution in [0.1, 0.15) is 40.9 Å². The van der Waals surface area contributed by atoms with Gasteiger partial charge in [0.2, 0.25) is 0 Å². The fourth-order valence-electron chi connectivity index (χ4n) is 3.20. The molecule has 0 aliphatic heterocycles. The van der Waals surface area contributed by atoms with Gasteiger partial charge in [-0.25, -0.2) is 4.79 Å². The lowest BCUT2D eigenvalue weighted by Gasteiger charge is -2.31. The van der Waals surface area contributed by atoms with Crippen LogP contribution in [0.2, 0.25) is 5.02 Å². The summed E-state index contributed by atoms with van der Waals surface area (Å²) in [4.78, 5) is 13.0. The van der Waals surface area contributed by atoms with Gasteiger partial charge >= 0.3 is 5.97 Å². The van der Waals surface area contributed by atoms with E-state index >= 15 is 0 Å². The van der Waals surface area contributed by atoms with E-state index in [1.54, 1.807) is 29.5 Å². The maximum atomic E-state index is 11.7. The Hall–Kier alpha value is -1.63. The third-order valence-electron chi connectivity index (χ3n) is 4.44. The summed E-state index contributed by atoms with van der Waals surface area (Å²) in [6.45, 7) is 0. The van der Waals surface area contributed by atoms with Crippen LogP contribution in [0.5, 0.6) is 0 Å². The first-order valence-electron chi connectivity index (χ1n) is 8.05. The number of benzene rings is 1. The predicted octanol–water partition coefficient (Wildman–Crippen LogP) is 4.94. The molecule has 3 rings (SSSR count). The first kappa shape index (κ1) is 18.2. The number of thiophene rings is 1. The molecule has 1 aromatic heterocycles. The Labute approximate surface area is 161 Å². The summed E-state index contributed by atoms with van der Waals surface area (Å²) in [6, 6.07) is 9.14. The molecule has 0 atom stereocenters. The van der Waals surface area contributed by atoms with E-state index in [0.29, 0.717) is 21.4 Å². The molecular weight excluding hydrogens is 376 g/mol. The molecular formula is C18H19ClN2O2S2. The van der Waals surface area contributed by atoms with Gasteiger partial charge in [0, 0.05) is 4.88 Å². The van der Waals surface area contributed by atoms with Crippen molar-refractivity contribution in [2.24, 2.45) is 0 Å². The van der Waals surface area contributed by atoms with Gasteiger partial charge < -0.3 is 15.4 Å². The fourth-order valence-corrected chi connectivity index (χ4v) is 4.61. The van der Waals surface area contributed by atoms with Crippen LogP contribution in [0, 0.1) is 0 Å². The van der Waals surface area contributed by atoms with Crippen LogP contribution in [0.15, 0.2) is 35.7 Å². The first-order valence-corrected chi connectivity index (χ1v) is 9.72. The van der Waals surface area contributed by atoms with E-state index in [0.717, 1.165) is 12.8 Å². The molecule has 7 heteroatoms. The number of ether oxygens (including phenoxy) is 1. The number of anilines is 1. The molecule has 4 nitrogen and oxygen atoms in total. The third-order valence-corrected chi connectivity index (χ3v) is 6.05. The van der Waals surface area contributed by atoms with Crippen LogP contribution in [-0.2, 0) is 10.3 Å². The molecule has 0 spiro atoms. The highest BCUT2D eigenvalue weighted by Crippen LogP contribution is 2.41. The summed E-state index contributed by atoms with van der Waals surface area (Å²) in [7, 11) is 1.35. The minimum Gasteiger partial charge on any atom is -0.465 e. The van der Waals surface area contributed by atoms with E-state index < -0.39 is 5.97 Å². The van der Waals surface area contributed by atoms with Crippen molar-refractivity contribution in [3.8, 4) is 0 Å². The van der Waals surface area contributed by atoms with Crippen molar-refractivity contribution in [3.63, 3.8) is 0 Å².